The number of benzene rings is 2. The van der Waals surface area contributed by atoms with Gasteiger partial charge in [0.15, 0.2) is 18.1 Å². The second-order valence-electron chi connectivity index (χ2n) is 6.23. The molecule has 0 aliphatic carbocycles. The van der Waals surface area contributed by atoms with E-state index in [2.05, 4.69) is 0 Å². The van der Waals surface area contributed by atoms with Crippen LogP contribution >= 0.6 is 24.0 Å². The Kier molecular flexibility index (Phi) is 6.56. The number of amides is 1. The van der Waals surface area contributed by atoms with Crippen molar-refractivity contribution in [3.05, 3.63) is 64.6 Å². The molecular weight excluding hydrogens is 410 g/mol. The van der Waals surface area contributed by atoms with Crippen molar-refractivity contribution in [3.8, 4) is 11.5 Å². The van der Waals surface area contributed by atoms with Crippen molar-refractivity contribution >= 4 is 46.3 Å². The van der Waals surface area contributed by atoms with E-state index in [0.717, 1.165) is 11.1 Å². The lowest BCUT2D eigenvalue weighted by molar-refractivity contribution is -0.139. The molecule has 1 aliphatic heterocycles. The molecule has 1 fully saturated rings. The quantitative estimate of drug-likeness (QED) is 0.524. The van der Waals surface area contributed by atoms with E-state index in [4.69, 9.17) is 26.8 Å². The van der Waals surface area contributed by atoms with E-state index in [0.29, 0.717) is 20.7 Å². The van der Waals surface area contributed by atoms with Crippen molar-refractivity contribution in [3.63, 3.8) is 0 Å². The number of ether oxygens (including phenoxy) is 2. The minimum atomic E-state index is -1.08. The molecule has 1 amide bonds. The van der Waals surface area contributed by atoms with E-state index in [1.54, 1.807) is 29.2 Å². The first-order chi connectivity index (χ1) is 13.9. The van der Waals surface area contributed by atoms with Crippen LogP contribution in [0.1, 0.15) is 24.1 Å². The van der Waals surface area contributed by atoms with Crippen molar-refractivity contribution in [2.45, 2.75) is 13.0 Å². The smallest absolute Gasteiger partial charge is 0.341 e. The Morgan fingerprint density at radius 1 is 1.24 bits per heavy atom. The molecule has 1 heterocycles. The molecule has 1 atom stereocenters. The number of carbonyl (C=O) groups excluding carboxylic acids is 1. The molecule has 0 aromatic heterocycles. The van der Waals surface area contributed by atoms with Crippen molar-refractivity contribution in [2.75, 3.05) is 13.7 Å². The number of nitrogens with zero attached hydrogens (tertiary/aromatic N) is 1. The van der Waals surface area contributed by atoms with Crippen LogP contribution in [0.4, 0.5) is 0 Å². The molecule has 29 heavy (non-hydrogen) atoms. The van der Waals surface area contributed by atoms with Crippen LogP contribution in [-0.2, 0) is 9.59 Å². The number of thiocarbonyl (C=S) groups is 1. The van der Waals surface area contributed by atoms with E-state index >= 15 is 0 Å². The van der Waals surface area contributed by atoms with Crippen LogP contribution in [0, 0.1) is 0 Å². The molecular formula is C21H19NO5S2. The highest BCUT2D eigenvalue weighted by Gasteiger charge is 2.35. The number of aliphatic carboxylic acids is 1. The maximum absolute atomic E-state index is 13.0. The summed E-state index contributed by atoms with van der Waals surface area (Å²) in [5.74, 6) is -0.528. The van der Waals surface area contributed by atoms with Gasteiger partial charge in [-0.05, 0) is 36.3 Å². The van der Waals surface area contributed by atoms with Gasteiger partial charge < -0.3 is 14.6 Å². The van der Waals surface area contributed by atoms with Crippen LogP contribution in [0.5, 0.6) is 11.5 Å². The van der Waals surface area contributed by atoms with Gasteiger partial charge in [-0.25, -0.2) is 4.79 Å². The lowest BCUT2D eigenvalue weighted by Crippen LogP contribution is -2.30. The molecule has 0 saturated carbocycles. The van der Waals surface area contributed by atoms with Gasteiger partial charge in [0.05, 0.1) is 18.1 Å². The zero-order valence-corrected chi connectivity index (χ0v) is 17.5. The van der Waals surface area contributed by atoms with Crippen molar-refractivity contribution < 1.29 is 24.2 Å². The molecule has 8 heteroatoms. The Labute approximate surface area is 178 Å². The summed E-state index contributed by atoms with van der Waals surface area (Å²) in [6.07, 6.45) is 1.74. The Balaban J connectivity index is 1.83. The molecule has 1 unspecified atom stereocenters. The number of carboxylic acids is 1. The average Bonchev–Trinajstić information content (AvgIpc) is 2.99. The SMILES string of the molecule is COc1cc(/C=C2/SC(=S)N(C(C)c3ccccc3)C2=O)ccc1OCC(=O)O. The van der Waals surface area contributed by atoms with E-state index in [9.17, 15) is 9.59 Å². The predicted octanol–water partition coefficient (Wildman–Crippen LogP) is 4.12. The molecule has 6 nitrogen and oxygen atoms in total. The maximum atomic E-state index is 13.0. The van der Waals surface area contributed by atoms with Gasteiger partial charge in [0.25, 0.3) is 5.91 Å². The minimum absolute atomic E-state index is 0.151. The van der Waals surface area contributed by atoms with Crippen molar-refractivity contribution in [1.29, 1.82) is 0 Å². The van der Waals surface area contributed by atoms with Crippen LogP contribution in [0.15, 0.2) is 53.4 Å². The minimum Gasteiger partial charge on any atom is -0.493 e. The van der Waals surface area contributed by atoms with Gasteiger partial charge in [-0.2, -0.15) is 0 Å². The Bertz CT molecular complexity index is 974. The van der Waals surface area contributed by atoms with Gasteiger partial charge in [0.1, 0.15) is 4.32 Å². The summed E-state index contributed by atoms with van der Waals surface area (Å²) in [7, 11) is 1.47. The van der Waals surface area contributed by atoms with Gasteiger partial charge >= 0.3 is 5.97 Å². The van der Waals surface area contributed by atoms with Crippen molar-refractivity contribution in [2.24, 2.45) is 0 Å². The predicted molar refractivity (Wildman–Crippen MR) is 116 cm³/mol. The Morgan fingerprint density at radius 3 is 2.62 bits per heavy atom. The standard InChI is InChI=1S/C21H19NO5S2/c1-13(15-6-4-3-5-7-15)22-20(25)18(29-21(22)28)11-14-8-9-16(17(10-14)26-2)27-12-19(23)24/h3-11,13H,12H2,1-2H3,(H,23,24)/b18-11+. The highest BCUT2D eigenvalue weighted by molar-refractivity contribution is 8.26. The summed E-state index contributed by atoms with van der Waals surface area (Å²) in [4.78, 5) is 25.8. The number of carboxylic acid groups (broad SMARTS) is 1. The van der Waals surface area contributed by atoms with Crippen LogP contribution in [0.2, 0.25) is 0 Å². The molecule has 3 rings (SSSR count). The van der Waals surface area contributed by atoms with E-state index in [1.807, 2.05) is 37.3 Å². The fraction of sp³-hybridized carbons (Fsp3) is 0.190. The van der Waals surface area contributed by atoms with Gasteiger partial charge in [-0.3, -0.25) is 9.69 Å². The van der Waals surface area contributed by atoms with Crippen LogP contribution < -0.4 is 9.47 Å². The molecule has 1 saturated heterocycles. The number of methoxy groups -OCH3 is 1. The monoisotopic (exact) mass is 429 g/mol. The second-order valence-corrected chi connectivity index (χ2v) is 7.91. The fourth-order valence-corrected chi connectivity index (χ4v) is 4.30. The van der Waals surface area contributed by atoms with E-state index in [-0.39, 0.29) is 11.9 Å². The van der Waals surface area contributed by atoms with Gasteiger partial charge in [-0.15, -0.1) is 0 Å². The first-order valence-electron chi connectivity index (χ1n) is 8.75. The molecule has 150 valence electrons. The van der Waals surface area contributed by atoms with Gasteiger partial charge in [-0.1, -0.05) is 60.4 Å². The lowest BCUT2D eigenvalue weighted by Gasteiger charge is -2.23. The molecule has 1 N–H and O–H groups in total. The fourth-order valence-electron chi connectivity index (χ4n) is 2.88. The van der Waals surface area contributed by atoms with E-state index in [1.165, 1.54) is 18.9 Å². The molecule has 0 bridgehead atoms. The third kappa shape index (κ3) is 4.78. The number of hydrogen-bond acceptors (Lipinski definition) is 6. The highest BCUT2D eigenvalue weighted by atomic mass is 32.2. The van der Waals surface area contributed by atoms with E-state index < -0.39 is 12.6 Å². The zero-order valence-electron chi connectivity index (χ0n) is 15.8. The summed E-state index contributed by atoms with van der Waals surface area (Å²) in [6.45, 7) is 1.48. The summed E-state index contributed by atoms with van der Waals surface area (Å²) < 4.78 is 11.0. The molecule has 0 radical (unpaired) electrons. The number of rotatable bonds is 7. The Hall–Kier alpha value is -2.84. The van der Waals surface area contributed by atoms with Crippen molar-refractivity contribution in [1.82, 2.24) is 4.90 Å². The lowest BCUT2D eigenvalue weighted by atomic mass is 10.1. The summed E-state index contributed by atoms with van der Waals surface area (Å²) in [5.41, 5.74) is 1.73. The number of thioether (sulfide) groups is 1. The summed E-state index contributed by atoms with van der Waals surface area (Å²) in [6, 6.07) is 14.6. The third-order valence-electron chi connectivity index (χ3n) is 4.33. The Morgan fingerprint density at radius 2 is 1.97 bits per heavy atom. The largest absolute Gasteiger partial charge is 0.493 e. The number of hydrogen-bond donors (Lipinski definition) is 1. The number of carbonyl (C=O) groups is 2. The molecule has 2 aromatic rings. The topological polar surface area (TPSA) is 76.1 Å². The van der Waals surface area contributed by atoms with Crippen LogP contribution in [0.3, 0.4) is 0 Å². The molecule has 1 aliphatic rings. The first-order valence-corrected chi connectivity index (χ1v) is 9.98. The third-order valence-corrected chi connectivity index (χ3v) is 5.66. The second kappa shape index (κ2) is 9.11. The zero-order chi connectivity index (χ0) is 21.0. The highest BCUT2D eigenvalue weighted by Crippen LogP contribution is 2.38. The first kappa shape index (κ1) is 20.9. The summed E-state index contributed by atoms with van der Waals surface area (Å²) >= 11 is 6.69. The van der Waals surface area contributed by atoms with Gasteiger partial charge in [0.2, 0.25) is 0 Å². The van der Waals surface area contributed by atoms with Crippen LogP contribution in [0.25, 0.3) is 6.08 Å². The summed E-state index contributed by atoms with van der Waals surface area (Å²) in [5, 5.41) is 8.76. The van der Waals surface area contributed by atoms with Gasteiger partial charge in [0, 0.05) is 0 Å². The normalized spacial score (nSPS) is 16.2. The average molecular weight is 430 g/mol. The van der Waals surface area contributed by atoms with Crippen LogP contribution in [-0.4, -0.2) is 39.9 Å². The molecule has 2 aromatic carbocycles. The molecule has 0 spiro atoms. The maximum Gasteiger partial charge on any atom is 0.341 e.